The van der Waals surface area contributed by atoms with Gasteiger partial charge in [0.15, 0.2) is 0 Å². The summed E-state index contributed by atoms with van der Waals surface area (Å²) < 4.78 is 0. The maximum absolute atomic E-state index is 5.77. The first-order chi connectivity index (χ1) is 10.8. The van der Waals surface area contributed by atoms with Gasteiger partial charge in [-0.2, -0.15) is 0 Å². The van der Waals surface area contributed by atoms with Crippen molar-refractivity contribution < 1.29 is 0 Å². The largest absolute Gasteiger partial charge is 0.330 e. The maximum Gasteiger partial charge on any atom is 0.0355 e. The molecule has 0 radical (unpaired) electrons. The Labute approximate surface area is 134 Å². The topological polar surface area (TPSA) is 29.3 Å². The van der Waals surface area contributed by atoms with Crippen LogP contribution in [-0.2, 0) is 13.0 Å². The second-order valence-corrected chi connectivity index (χ2v) is 6.29. The van der Waals surface area contributed by atoms with E-state index in [-0.39, 0.29) is 0 Å². The lowest BCUT2D eigenvalue weighted by molar-refractivity contribution is 0.165. The molecule has 1 aliphatic heterocycles. The van der Waals surface area contributed by atoms with Gasteiger partial charge in [0.1, 0.15) is 0 Å². The maximum atomic E-state index is 5.77. The van der Waals surface area contributed by atoms with E-state index in [0.717, 1.165) is 38.9 Å². The van der Waals surface area contributed by atoms with Gasteiger partial charge < -0.3 is 5.73 Å². The summed E-state index contributed by atoms with van der Waals surface area (Å²) in [5.41, 5.74) is 11.6. The van der Waals surface area contributed by atoms with Crippen molar-refractivity contribution in [3.05, 3.63) is 70.8 Å². The van der Waals surface area contributed by atoms with Crippen LogP contribution in [0.5, 0.6) is 0 Å². The number of benzene rings is 2. The molecule has 0 aliphatic carbocycles. The summed E-state index contributed by atoms with van der Waals surface area (Å²) in [4.78, 5) is 2.64. The zero-order chi connectivity index (χ0) is 15.4. The minimum atomic E-state index is 0.508. The Bertz CT molecular complexity index is 621. The second-order valence-electron chi connectivity index (χ2n) is 6.29. The third-order valence-corrected chi connectivity index (χ3v) is 4.84. The molecule has 0 aromatic heterocycles. The van der Waals surface area contributed by atoms with Crippen molar-refractivity contribution in [2.45, 2.75) is 38.8 Å². The van der Waals surface area contributed by atoms with Crippen LogP contribution in [0.4, 0.5) is 0 Å². The molecular formula is C20H26N2. The quantitative estimate of drug-likeness (QED) is 0.908. The van der Waals surface area contributed by atoms with E-state index in [1.54, 1.807) is 0 Å². The van der Waals surface area contributed by atoms with Gasteiger partial charge in [-0.1, -0.05) is 48.5 Å². The van der Waals surface area contributed by atoms with E-state index in [1.807, 2.05) is 0 Å². The molecule has 0 saturated carbocycles. The highest BCUT2D eigenvalue weighted by molar-refractivity contribution is 5.33. The molecule has 1 heterocycles. The van der Waals surface area contributed by atoms with Crippen molar-refractivity contribution in [3.8, 4) is 0 Å². The van der Waals surface area contributed by atoms with Crippen molar-refractivity contribution in [2.75, 3.05) is 13.1 Å². The predicted octanol–water partition coefficient (Wildman–Crippen LogP) is 3.83. The first-order valence-electron chi connectivity index (χ1n) is 8.36. The second kappa shape index (κ2) is 7.08. The molecule has 2 aromatic carbocycles. The van der Waals surface area contributed by atoms with Gasteiger partial charge in [0.05, 0.1) is 0 Å². The Kier molecular flexibility index (Phi) is 4.91. The molecule has 1 atom stereocenters. The van der Waals surface area contributed by atoms with Crippen LogP contribution in [0.15, 0.2) is 48.5 Å². The van der Waals surface area contributed by atoms with Gasteiger partial charge in [0, 0.05) is 19.1 Å². The van der Waals surface area contributed by atoms with Gasteiger partial charge in [-0.15, -0.1) is 0 Å². The predicted molar refractivity (Wildman–Crippen MR) is 92.8 cm³/mol. The Hall–Kier alpha value is -1.64. The molecule has 2 aromatic rings. The van der Waals surface area contributed by atoms with Crippen LogP contribution in [-0.4, -0.2) is 18.0 Å². The highest BCUT2D eigenvalue weighted by atomic mass is 15.2. The van der Waals surface area contributed by atoms with Crippen molar-refractivity contribution >= 4 is 0 Å². The van der Waals surface area contributed by atoms with Gasteiger partial charge >= 0.3 is 0 Å². The van der Waals surface area contributed by atoms with E-state index in [1.165, 1.54) is 22.3 Å². The molecule has 2 nitrogen and oxygen atoms in total. The third-order valence-electron chi connectivity index (χ3n) is 4.84. The number of fused-ring (bicyclic) bond motifs is 1. The van der Waals surface area contributed by atoms with Crippen LogP contribution >= 0.6 is 0 Å². The fourth-order valence-electron chi connectivity index (χ4n) is 3.55. The molecule has 22 heavy (non-hydrogen) atoms. The SMILES string of the molecule is Cc1ccccc1CN1CCc2ccccc2C1CCCN. The summed E-state index contributed by atoms with van der Waals surface area (Å²) in [7, 11) is 0. The molecule has 3 rings (SSSR count). The lowest BCUT2D eigenvalue weighted by atomic mass is 9.89. The fraction of sp³-hybridized carbons (Fsp3) is 0.400. The zero-order valence-corrected chi connectivity index (χ0v) is 13.5. The molecule has 0 fully saturated rings. The standard InChI is InChI=1S/C20H26N2/c1-16-7-2-3-9-18(16)15-22-14-12-17-8-4-5-10-19(17)20(22)11-6-13-21/h2-5,7-10,20H,6,11-15,21H2,1H3. The summed E-state index contributed by atoms with van der Waals surface area (Å²) >= 11 is 0. The molecule has 0 bridgehead atoms. The monoisotopic (exact) mass is 294 g/mol. The smallest absolute Gasteiger partial charge is 0.0355 e. The third kappa shape index (κ3) is 3.23. The average Bonchev–Trinajstić information content (AvgIpc) is 2.56. The van der Waals surface area contributed by atoms with Crippen molar-refractivity contribution in [3.63, 3.8) is 0 Å². The molecular weight excluding hydrogens is 268 g/mol. The van der Waals surface area contributed by atoms with Gasteiger partial charge in [-0.3, -0.25) is 4.90 Å². The summed E-state index contributed by atoms with van der Waals surface area (Å²) in [6.45, 7) is 5.16. The Morgan fingerprint density at radius 3 is 2.68 bits per heavy atom. The zero-order valence-electron chi connectivity index (χ0n) is 13.5. The number of nitrogens with zero attached hydrogens (tertiary/aromatic N) is 1. The number of hydrogen-bond donors (Lipinski definition) is 1. The van der Waals surface area contributed by atoms with Gasteiger partial charge in [-0.05, 0) is 55.0 Å². The van der Waals surface area contributed by atoms with Crippen LogP contribution in [0.3, 0.4) is 0 Å². The highest BCUT2D eigenvalue weighted by Gasteiger charge is 2.26. The van der Waals surface area contributed by atoms with E-state index in [2.05, 4.69) is 60.4 Å². The Morgan fingerprint density at radius 1 is 1.09 bits per heavy atom. The van der Waals surface area contributed by atoms with Crippen LogP contribution in [0.25, 0.3) is 0 Å². The summed E-state index contributed by atoms with van der Waals surface area (Å²) in [5, 5.41) is 0. The van der Waals surface area contributed by atoms with Crippen molar-refractivity contribution in [1.29, 1.82) is 0 Å². The molecule has 2 heteroatoms. The Balaban J connectivity index is 1.85. The first-order valence-corrected chi connectivity index (χ1v) is 8.36. The van der Waals surface area contributed by atoms with Crippen molar-refractivity contribution in [1.82, 2.24) is 4.90 Å². The summed E-state index contributed by atoms with van der Waals surface area (Å²) in [6, 6.07) is 18.2. The number of rotatable bonds is 5. The summed E-state index contributed by atoms with van der Waals surface area (Å²) in [5.74, 6) is 0. The lowest BCUT2D eigenvalue weighted by Gasteiger charge is -2.38. The normalized spacial score (nSPS) is 18.2. The highest BCUT2D eigenvalue weighted by Crippen LogP contribution is 2.34. The average molecular weight is 294 g/mol. The van der Waals surface area contributed by atoms with E-state index in [0.29, 0.717) is 6.04 Å². The van der Waals surface area contributed by atoms with Crippen LogP contribution < -0.4 is 5.73 Å². The Morgan fingerprint density at radius 2 is 1.86 bits per heavy atom. The molecule has 0 spiro atoms. The first kappa shape index (κ1) is 15.3. The van der Waals surface area contributed by atoms with Crippen LogP contribution in [0, 0.1) is 6.92 Å². The van der Waals surface area contributed by atoms with Crippen molar-refractivity contribution in [2.24, 2.45) is 5.73 Å². The molecule has 0 saturated heterocycles. The van der Waals surface area contributed by atoms with Gasteiger partial charge in [0.25, 0.3) is 0 Å². The number of aryl methyl sites for hydroxylation is 1. The minimum absolute atomic E-state index is 0.508. The number of hydrogen-bond acceptors (Lipinski definition) is 2. The molecule has 1 aliphatic rings. The van der Waals surface area contributed by atoms with Crippen LogP contribution in [0.2, 0.25) is 0 Å². The summed E-state index contributed by atoms with van der Waals surface area (Å²) in [6.07, 6.45) is 3.39. The van der Waals surface area contributed by atoms with Gasteiger partial charge in [0.2, 0.25) is 0 Å². The molecule has 0 amide bonds. The van der Waals surface area contributed by atoms with Crippen LogP contribution in [0.1, 0.15) is 41.1 Å². The fourth-order valence-corrected chi connectivity index (χ4v) is 3.55. The van der Waals surface area contributed by atoms with Gasteiger partial charge in [-0.25, -0.2) is 0 Å². The minimum Gasteiger partial charge on any atom is -0.330 e. The van der Waals surface area contributed by atoms with E-state index < -0.39 is 0 Å². The van der Waals surface area contributed by atoms with E-state index in [4.69, 9.17) is 5.73 Å². The lowest BCUT2D eigenvalue weighted by Crippen LogP contribution is -2.35. The molecule has 116 valence electrons. The molecule has 2 N–H and O–H groups in total. The number of nitrogens with two attached hydrogens (primary N) is 1. The van der Waals surface area contributed by atoms with E-state index >= 15 is 0 Å². The molecule has 1 unspecified atom stereocenters. The van der Waals surface area contributed by atoms with E-state index in [9.17, 15) is 0 Å².